The molecule has 1 saturated carbocycles. The third-order valence-electron chi connectivity index (χ3n) is 4.16. The first-order chi connectivity index (χ1) is 11.2. The van der Waals surface area contributed by atoms with E-state index in [1.807, 2.05) is 0 Å². The highest BCUT2D eigenvalue weighted by Crippen LogP contribution is 2.27. The minimum atomic E-state index is -3.90. The van der Waals surface area contributed by atoms with Crippen LogP contribution in [0.4, 0.5) is 10.1 Å². The lowest BCUT2D eigenvalue weighted by atomic mass is 10.1. The van der Waals surface area contributed by atoms with Crippen LogP contribution in [0.2, 0.25) is 0 Å². The summed E-state index contributed by atoms with van der Waals surface area (Å²) in [4.78, 5) is -0.248. The number of nitrogens with one attached hydrogen (secondary N) is 2. The summed E-state index contributed by atoms with van der Waals surface area (Å²) < 4.78 is 66.5. The van der Waals surface area contributed by atoms with E-state index in [4.69, 9.17) is 5.73 Å². The van der Waals surface area contributed by atoms with Crippen LogP contribution in [0.25, 0.3) is 0 Å². The molecule has 0 spiro atoms. The normalized spacial score (nSPS) is 20.9. The van der Waals surface area contributed by atoms with Crippen molar-refractivity contribution in [2.24, 2.45) is 11.7 Å². The standard InChI is InChI=1S/C14H22FN3O4S2.ClH/c1-2-23(19,20)17-14-7-6-11(8-12(14)15)24(21,22)18-13-5-3-4-10(13)9-16;/h6-8,10,13,17-18H,2-5,9,16H2,1H3;1H. The first kappa shape index (κ1) is 22.1. The number of hydrogen-bond donors (Lipinski definition) is 3. The number of halogens is 2. The molecule has 0 aromatic heterocycles. The van der Waals surface area contributed by atoms with Gasteiger partial charge in [0.2, 0.25) is 20.0 Å². The maximum Gasteiger partial charge on any atom is 0.240 e. The maximum absolute atomic E-state index is 14.1. The Morgan fingerprint density at radius 2 is 1.92 bits per heavy atom. The Bertz CT molecular complexity index is 802. The number of benzene rings is 1. The minimum Gasteiger partial charge on any atom is -0.330 e. The average Bonchev–Trinajstić information content (AvgIpc) is 2.95. The Kier molecular flexibility index (Phi) is 7.63. The average molecular weight is 416 g/mol. The summed E-state index contributed by atoms with van der Waals surface area (Å²) in [6.07, 6.45) is 2.44. The van der Waals surface area contributed by atoms with Gasteiger partial charge in [0.25, 0.3) is 0 Å². The van der Waals surface area contributed by atoms with Crippen molar-refractivity contribution in [1.82, 2.24) is 4.72 Å². The van der Waals surface area contributed by atoms with Crippen LogP contribution in [-0.4, -0.2) is 35.2 Å². The topological polar surface area (TPSA) is 118 Å². The summed E-state index contributed by atoms with van der Waals surface area (Å²) in [6.45, 7) is 1.80. The summed E-state index contributed by atoms with van der Waals surface area (Å²) in [5, 5.41) is 0. The molecule has 1 aliphatic rings. The second-order valence-corrected chi connectivity index (χ2v) is 9.53. The van der Waals surface area contributed by atoms with E-state index in [2.05, 4.69) is 9.44 Å². The van der Waals surface area contributed by atoms with Crippen LogP contribution in [0, 0.1) is 11.7 Å². The molecule has 0 bridgehead atoms. The van der Waals surface area contributed by atoms with E-state index in [9.17, 15) is 21.2 Å². The fourth-order valence-corrected chi connectivity index (χ4v) is 4.72. The highest BCUT2D eigenvalue weighted by Gasteiger charge is 2.30. The van der Waals surface area contributed by atoms with Crippen molar-refractivity contribution < 1.29 is 21.2 Å². The number of rotatable bonds is 7. The van der Waals surface area contributed by atoms with Gasteiger partial charge < -0.3 is 5.73 Å². The van der Waals surface area contributed by atoms with Crippen molar-refractivity contribution in [3.05, 3.63) is 24.0 Å². The van der Waals surface area contributed by atoms with Gasteiger partial charge in [-0.1, -0.05) is 6.42 Å². The molecule has 1 aromatic carbocycles. The fraction of sp³-hybridized carbons (Fsp3) is 0.571. The van der Waals surface area contributed by atoms with Gasteiger partial charge in [-0.05, 0) is 50.4 Å². The lowest BCUT2D eigenvalue weighted by Gasteiger charge is -2.19. The van der Waals surface area contributed by atoms with Gasteiger partial charge in [-0.25, -0.2) is 25.9 Å². The second kappa shape index (κ2) is 8.63. The highest BCUT2D eigenvalue weighted by atomic mass is 35.5. The number of hydrogen-bond acceptors (Lipinski definition) is 5. The van der Waals surface area contributed by atoms with Gasteiger partial charge in [0.15, 0.2) is 0 Å². The van der Waals surface area contributed by atoms with Crippen LogP contribution >= 0.6 is 12.4 Å². The van der Waals surface area contributed by atoms with E-state index in [-0.39, 0.29) is 40.7 Å². The van der Waals surface area contributed by atoms with Gasteiger partial charge in [0.05, 0.1) is 16.3 Å². The lowest BCUT2D eigenvalue weighted by Crippen LogP contribution is -2.39. The van der Waals surface area contributed by atoms with Crippen molar-refractivity contribution in [2.75, 3.05) is 17.0 Å². The van der Waals surface area contributed by atoms with Gasteiger partial charge in [-0.3, -0.25) is 4.72 Å². The molecule has 7 nitrogen and oxygen atoms in total. The van der Waals surface area contributed by atoms with Gasteiger partial charge in [-0.15, -0.1) is 12.4 Å². The predicted molar refractivity (Wildman–Crippen MR) is 97.2 cm³/mol. The van der Waals surface area contributed by atoms with Crippen LogP contribution in [-0.2, 0) is 20.0 Å². The molecule has 11 heteroatoms. The smallest absolute Gasteiger partial charge is 0.240 e. The molecule has 2 atom stereocenters. The molecule has 1 aliphatic carbocycles. The summed E-state index contributed by atoms with van der Waals surface area (Å²) in [6, 6.07) is 2.82. The molecular weight excluding hydrogens is 393 g/mol. The van der Waals surface area contributed by atoms with Crippen molar-refractivity contribution in [3.8, 4) is 0 Å². The van der Waals surface area contributed by atoms with Crippen LogP contribution < -0.4 is 15.2 Å². The van der Waals surface area contributed by atoms with Gasteiger partial charge in [0.1, 0.15) is 5.82 Å². The summed E-state index contributed by atoms with van der Waals surface area (Å²) in [5.74, 6) is -1.09. The summed E-state index contributed by atoms with van der Waals surface area (Å²) in [7, 11) is -7.54. The van der Waals surface area contributed by atoms with Crippen LogP contribution in [0.5, 0.6) is 0 Å². The number of anilines is 1. The number of nitrogens with two attached hydrogens (primary N) is 1. The molecule has 144 valence electrons. The van der Waals surface area contributed by atoms with Gasteiger partial charge in [-0.2, -0.15) is 0 Å². The SMILES string of the molecule is CCS(=O)(=O)Nc1ccc(S(=O)(=O)NC2CCCC2CN)cc1F.Cl. The first-order valence-electron chi connectivity index (χ1n) is 7.71. The molecule has 0 heterocycles. The van der Waals surface area contributed by atoms with E-state index in [0.29, 0.717) is 13.0 Å². The molecule has 0 aliphatic heterocycles. The van der Waals surface area contributed by atoms with E-state index in [1.54, 1.807) is 0 Å². The van der Waals surface area contributed by atoms with E-state index in [1.165, 1.54) is 13.0 Å². The lowest BCUT2D eigenvalue weighted by molar-refractivity contribution is 0.452. The molecule has 0 radical (unpaired) electrons. The molecule has 1 fully saturated rings. The second-order valence-electron chi connectivity index (χ2n) is 5.80. The van der Waals surface area contributed by atoms with Crippen molar-refractivity contribution in [2.45, 2.75) is 37.1 Å². The summed E-state index contributed by atoms with van der Waals surface area (Å²) >= 11 is 0. The van der Waals surface area contributed by atoms with Crippen LogP contribution in [0.1, 0.15) is 26.2 Å². The van der Waals surface area contributed by atoms with E-state index < -0.39 is 25.9 Å². The maximum atomic E-state index is 14.1. The van der Waals surface area contributed by atoms with Crippen molar-refractivity contribution >= 4 is 38.1 Å². The van der Waals surface area contributed by atoms with Crippen molar-refractivity contribution in [1.29, 1.82) is 0 Å². The number of sulfonamides is 2. The Morgan fingerprint density at radius 1 is 1.24 bits per heavy atom. The first-order valence-corrected chi connectivity index (χ1v) is 10.8. The van der Waals surface area contributed by atoms with E-state index >= 15 is 0 Å². The highest BCUT2D eigenvalue weighted by molar-refractivity contribution is 7.92. The molecule has 1 aromatic rings. The predicted octanol–water partition coefficient (Wildman–Crippen LogP) is 1.41. The largest absolute Gasteiger partial charge is 0.330 e. The van der Waals surface area contributed by atoms with Crippen molar-refractivity contribution in [3.63, 3.8) is 0 Å². The zero-order chi connectivity index (χ0) is 18.0. The third-order valence-corrected chi connectivity index (χ3v) is 6.94. The third kappa shape index (κ3) is 5.52. The Balaban J connectivity index is 0.00000312. The minimum absolute atomic E-state index is 0. The Morgan fingerprint density at radius 3 is 2.48 bits per heavy atom. The van der Waals surface area contributed by atoms with Crippen LogP contribution in [0.3, 0.4) is 0 Å². The Labute approximate surface area is 154 Å². The zero-order valence-corrected chi connectivity index (χ0v) is 16.2. The molecular formula is C14H23ClFN3O4S2. The van der Waals surface area contributed by atoms with E-state index in [0.717, 1.165) is 25.0 Å². The molecule has 2 unspecified atom stereocenters. The Hall–Kier alpha value is -0.940. The van der Waals surface area contributed by atoms with Gasteiger partial charge >= 0.3 is 0 Å². The quantitative estimate of drug-likeness (QED) is 0.622. The molecule has 2 rings (SSSR count). The molecule has 25 heavy (non-hydrogen) atoms. The fourth-order valence-electron chi connectivity index (χ4n) is 2.73. The molecule has 0 saturated heterocycles. The molecule has 4 N–H and O–H groups in total. The van der Waals surface area contributed by atoms with Gasteiger partial charge in [0, 0.05) is 6.04 Å². The van der Waals surface area contributed by atoms with Crippen LogP contribution in [0.15, 0.2) is 23.1 Å². The molecule has 0 amide bonds. The zero-order valence-electron chi connectivity index (χ0n) is 13.7. The monoisotopic (exact) mass is 415 g/mol. The summed E-state index contributed by atoms with van der Waals surface area (Å²) in [5.41, 5.74) is 5.36.